The van der Waals surface area contributed by atoms with Gasteiger partial charge in [-0.25, -0.2) is 0 Å². The van der Waals surface area contributed by atoms with E-state index >= 15 is 0 Å². The fourth-order valence-corrected chi connectivity index (χ4v) is 1.76. The second kappa shape index (κ2) is 7.77. The second-order valence-corrected chi connectivity index (χ2v) is 5.42. The number of ether oxygens (including phenoxy) is 1. The molecule has 1 N–H and O–H groups in total. The summed E-state index contributed by atoms with van der Waals surface area (Å²) in [4.78, 5) is 11.8. The highest BCUT2D eigenvalue weighted by molar-refractivity contribution is 9.10. The summed E-state index contributed by atoms with van der Waals surface area (Å²) in [6.07, 6.45) is 1.03. The highest BCUT2D eigenvalue weighted by atomic mass is 79.9. The number of amides is 1. The molecule has 0 spiro atoms. The standard InChI is InChI=1S/C13H17BrClNO2/c1-9(2)18-7-3-6-16-13(17)10-4-5-11(14)12(15)8-10/h4-5,8-9H,3,6-7H2,1-2H3,(H,16,17). The molecule has 0 aliphatic carbocycles. The summed E-state index contributed by atoms with van der Waals surface area (Å²) in [7, 11) is 0. The van der Waals surface area contributed by atoms with Crippen LogP contribution in [0.3, 0.4) is 0 Å². The van der Waals surface area contributed by atoms with Crippen molar-refractivity contribution in [2.75, 3.05) is 13.2 Å². The Morgan fingerprint density at radius 2 is 2.22 bits per heavy atom. The zero-order valence-corrected chi connectivity index (χ0v) is 12.8. The fourth-order valence-electron chi connectivity index (χ4n) is 1.33. The lowest BCUT2D eigenvalue weighted by Crippen LogP contribution is -2.25. The van der Waals surface area contributed by atoms with Gasteiger partial charge in [0.2, 0.25) is 0 Å². The van der Waals surface area contributed by atoms with Crippen LogP contribution >= 0.6 is 27.5 Å². The minimum Gasteiger partial charge on any atom is -0.379 e. The Labute approximate surface area is 121 Å². The molecular formula is C13H17BrClNO2. The van der Waals surface area contributed by atoms with Crippen molar-refractivity contribution >= 4 is 33.4 Å². The van der Waals surface area contributed by atoms with Gasteiger partial charge >= 0.3 is 0 Å². The molecule has 100 valence electrons. The largest absolute Gasteiger partial charge is 0.379 e. The topological polar surface area (TPSA) is 38.3 Å². The first-order valence-corrected chi connectivity index (χ1v) is 7.02. The van der Waals surface area contributed by atoms with Crippen molar-refractivity contribution in [2.24, 2.45) is 0 Å². The van der Waals surface area contributed by atoms with Crippen molar-refractivity contribution in [3.05, 3.63) is 33.3 Å². The number of halogens is 2. The molecule has 0 unspecified atom stereocenters. The second-order valence-electron chi connectivity index (χ2n) is 4.16. The summed E-state index contributed by atoms with van der Waals surface area (Å²) in [5.74, 6) is -0.117. The van der Waals surface area contributed by atoms with E-state index in [0.29, 0.717) is 23.7 Å². The van der Waals surface area contributed by atoms with Crippen molar-refractivity contribution in [1.29, 1.82) is 0 Å². The first kappa shape index (κ1) is 15.5. The van der Waals surface area contributed by atoms with Crippen LogP contribution in [0.4, 0.5) is 0 Å². The van der Waals surface area contributed by atoms with Gasteiger partial charge in [-0.2, -0.15) is 0 Å². The van der Waals surface area contributed by atoms with Gasteiger partial charge < -0.3 is 10.1 Å². The molecule has 3 nitrogen and oxygen atoms in total. The summed E-state index contributed by atoms with van der Waals surface area (Å²) in [5.41, 5.74) is 0.563. The Hall–Kier alpha value is -0.580. The van der Waals surface area contributed by atoms with E-state index in [0.717, 1.165) is 10.9 Å². The molecule has 5 heteroatoms. The van der Waals surface area contributed by atoms with Gasteiger partial charge in [0, 0.05) is 23.2 Å². The van der Waals surface area contributed by atoms with Gasteiger partial charge in [-0.05, 0) is 54.4 Å². The van der Waals surface area contributed by atoms with Crippen molar-refractivity contribution < 1.29 is 9.53 Å². The van der Waals surface area contributed by atoms with E-state index in [1.165, 1.54) is 0 Å². The Morgan fingerprint density at radius 3 is 2.83 bits per heavy atom. The van der Waals surface area contributed by atoms with E-state index in [1.54, 1.807) is 18.2 Å². The van der Waals surface area contributed by atoms with Gasteiger partial charge in [-0.1, -0.05) is 11.6 Å². The summed E-state index contributed by atoms with van der Waals surface area (Å²) in [6, 6.07) is 5.14. The molecule has 0 bridgehead atoms. The number of carbonyl (C=O) groups is 1. The molecule has 0 aliphatic rings. The zero-order chi connectivity index (χ0) is 13.5. The summed E-state index contributed by atoms with van der Waals surface area (Å²) in [5, 5.41) is 3.36. The van der Waals surface area contributed by atoms with Crippen LogP contribution in [0.15, 0.2) is 22.7 Å². The third-order valence-corrected chi connectivity index (χ3v) is 3.47. The van der Waals surface area contributed by atoms with Crippen molar-refractivity contribution in [3.63, 3.8) is 0 Å². The normalized spacial score (nSPS) is 10.7. The highest BCUT2D eigenvalue weighted by Crippen LogP contribution is 2.23. The predicted molar refractivity (Wildman–Crippen MR) is 77.2 cm³/mol. The van der Waals surface area contributed by atoms with Gasteiger partial charge in [-0.15, -0.1) is 0 Å². The summed E-state index contributed by atoms with van der Waals surface area (Å²) in [6.45, 7) is 5.23. The first-order chi connectivity index (χ1) is 8.50. The van der Waals surface area contributed by atoms with E-state index in [2.05, 4.69) is 21.2 Å². The molecular weight excluding hydrogens is 318 g/mol. The number of hydrogen-bond acceptors (Lipinski definition) is 2. The highest BCUT2D eigenvalue weighted by Gasteiger charge is 2.07. The van der Waals surface area contributed by atoms with Crippen LogP contribution < -0.4 is 5.32 Å². The molecule has 1 aromatic carbocycles. The van der Waals surface area contributed by atoms with Gasteiger partial charge in [0.15, 0.2) is 0 Å². The third kappa shape index (κ3) is 5.38. The molecule has 0 aliphatic heterocycles. The molecule has 0 saturated heterocycles. The van der Waals surface area contributed by atoms with Crippen LogP contribution in [0.25, 0.3) is 0 Å². The van der Waals surface area contributed by atoms with Crippen molar-refractivity contribution in [1.82, 2.24) is 5.32 Å². The number of benzene rings is 1. The minimum absolute atomic E-state index is 0.117. The first-order valence-electron chi connectivity index (χ1n) is 5.85. The van der Waals surface area contributed by atoms with E-state index in [-0.39, 0.29) is 12.0 Å². The molecule has 0 fully saturated rings. The molecule has 0 heterocycles. The van der Waals surface area contributed by atoms with Gasteiger partial charge in [0.05, 0.1) is 11.1 Å². The average molecular weight is 335 g/mol. The Morgan fingerprint density at radius 1 is 1.50 bits per heavy atom. The maximum Gasteiger partial charge on any atom is 0.251 e. The van der Waals surface area contributed by atoms with E-state index in [1.807, 2.05) is 13.8 Å². The number of carbonyl (C=O) groups excluding carboxylic acids is 1. The zero-order valence-electron chi connectivity index (χ0n) is 10.5. The van der Waals surface area contributed by atoms with Gasteiger partial charge in [0.1, 0.15) is 0 Å². The third-order valence-electron chi connectivity index (χ3n) is 2.24. The Kier molecular flexibility index (Phi) is 6.68. The SMILES string of the molecule is CC(C)OCCCNC(=O)c1ccc(Br)c(Cl)c1. The fraction of sp³-hybridized carbons (Fsp3) is 0.462. The minimum atomic E-state index is -0.117. The van der Waals surface area contributed by atoms with Gasteiger partial charge in [0.25, 0.3) is 5.91 Å². The monoisotopic (exact) mass is 333 g/mol. The predicted octanol–water partition coefficient (Wildman–Crippen LogP) is 3.65. The quantitative estimate of drug-likeness (QED) is 0.807. The number of nitrogens with one attached hydrogen (secondary N) is 1. The summed E-state index contributed by atoms with van der Waals surface area (Å²) >= 11 is 9.21. The van der Waals surface area contributed by atoms with Crippen LogP contribution in [0.2, 0.25) is 5.02 Å². The lowest BCUT2D eigenvalue weighted by Gasteiger charge is -2.08. The number of hydrogen-bond donors (Lipinski definition) is 1. The maximum atomic E-state index is 11.8. The van der Waals surface area contributed by atoms with Crippen LogP contribution in [0.1, 0.15) is 30.6 Å². The van der Waals surface area contributed by atoms with E-state index < -0.39 is 0 Å². The lowest BCUT2D eigenvalue weighted by molar-refractivity contribution is 0.0757. The Balaban J connectivity index is 2.34. The van der Waals surface area contributed by atoms with Crippen LogP contribution in [-0.2, 0) is 4.74 Å². The van der Waals surface area contributed by atoms with Crippen LogP contribution in [0.5, 0.6) is 0 Å². The molecule has 0 saturated carbocycles. The molecule has 1 amide bonds. The van der Waals surface area contributed by atoms with Crippen LogP contribution in [0, 0.1) is 0 Å². The molecule has 1 aromatic rings. The van der Waals surface area contributed by atoms with E-state index in [9.17, 15) is 4.79 Å². The number of rotatable bonds is 6. The van der Waals surface area contributed by atoms with E-state index in [4.69, 9.17) is 16.3 Å². The molecule has 0 aromatic heterocycles. The molecule has 1 rings (SSSR count). The summed E-state index contributed by atoms with van der Waals surface area (Å²) < 4.78 is 6.17. The molecule has 0 atom stereocenters. The van der Waals surface area contributed by atoms with Crippen molar-refractivity contribution in [2.45, 2.75) is 26.4 Å². The maximum absolute atomic E-state index is 11.8. The molecule has 0 radical (unpaired) electrons. The molecule has 18 heavy (non-hydrogen) atoms. The van der Waals surface area contributed by atoms with Crippen molar-refractivity contribution in [3.8, 4) is 0 Å². The Bertz CT molecular complexity index is 410. The smallest absolute Gasteiger partial charge is 0.251 e. The lowest BCUT2D eigenvalue weighted by atomic mass is 10.2. The average Bonchev–Trinajstić information content (AvgIpc) is 2.31. The van der Waals surface area contributed by atoms with Gasteiger partial charge in [-0.3, -0.25) is 4.79 Å². The van der Waals surface area contributed by atoms with Crippen LogP contribution in [-0.4, -0.2) is 25.2 Å².